The van der Waals surface area contributed by atoms with E-state index in [1.54, 1.807) is 0 Å². The lowest BCUT2D eigenvalue weighted by atomic mass is 9.88. The molecule has 15 heavy (non-hydrogen) atoms. The van der Waals surface area contributed by atoms with Crippen LogP contribution in [0.1, 0.15) is 39.0 Å². The zero-order valence-electron chi connectivity index (χ0n) is 9.16. The average Bonchev–Trinajstić information content (AvgIpc) is 2.25. The first-order chi connectivity index (χ1) is 7.24. The largest absolute Gasteiger partial charge is 0.358 e. The summed E-state index contributed by atoms with van der Waals surface area (Å²) in [4.78, 5) is 15.3. The van der Waals surface area contributed by atoms with E-state index >= 15 is 0 Å². The van der Waals surface area contributed by atoms with Crippen molar-refractivity contribution in [3.63, 3.8) is 0 Å². The molecule has 0 radical (unpaired) electrons. The highest BCUT2D eigenvalue weighted by Gasteiger charge is 2.19. The number of carbonyl (C=O) groups excluding carboxylic acids is 1. The van der Waals surface area contributed by atoms with Crippen LogP contribution in [0.4, 0.5) is 0 Å². The Bertz CT molecular complexity index is 235. The summed E-state index contributed by atoms with van der Waals surface area (Å²) in [6, 6.07) is 0. The van der Waals surface area contributed by atoms with E-state index in [2.05, 4.69) is 15.3 Å². The first kappa shape index (κ1) is 12.0. The number of hydrogen-bond donors (Lipinski definition) is 2. The number of hydrogen-bond acceptors (Lipinski definition) is 4. The van der Waals surface area contributed by atoms with Gasteiger partial charge in [0.15, 0.2) is 0 Å². The van der Waals surface area contributed by atoms with Crippen molar-refractivity contribution in [3.8, 4) is 0 Å². The lowest BCUT2D eigenvalue weighted by Gasteiger charge is -2.22. The molecule has 0 aromatic heterocycles. The Labute approximate surface area is 90.0 Å². The number of nitrogens with zero attached hydrogens (tertiary/aromatic N) is 1. The number of amidine groups is 1. The number of carbonyl (C=O) groups is 1. The number of nitrogens with one attached hydrogen (secondary N) is 1. The number of oxime groups is 1. The molecule has 0 amide bonds. The molecule has 0 aliphatic heterocycles. The Balaban J connectivity index is 2.54. The Morgan fingerprint density at radius 2 is 2.13 bits per heavy atom. The van der Waals surface area contributed by atoms with E-state index in [1.807, 2.05) is 0 Å². The lowest BCUT2D eigenvalue weighted by molar-refractivity contribution is -0.141. The average molecular weight is 213 g/mol. The minimum atomic E-state index is -0.401. The van der Waals surface area contributed by atoms with Gasteiger partial charge < -0.3 is 15.9 Å². The smallest absolute Gasteiger partial charge is 0.332 e. The quantitative estimate of drug-likeness (QED) is 0.240. The molecule has 0 unspecified atom stereocenters. The first-order valence-corrected chi connectivity index (χ1v) is 5.43. The van der Waals surface area contributed by atoms with Gasteiger partial charge in [0.25, 0.3) is 0 Å². The second-order valence-electron chi connectivity index (χ2n) is 3.78. The molecular weight excluding hydrogens is 194 g/mol. The van der Waals surface area contributed by atoms with Gasteiger partial charge in [0, 0.05) is 12.8 Å². The fourth-order valence-electron chi connectivity index (χ4n) is 1.85. The maximum absolute atomic E-state index is 10.6. The number of rotatable bonds is 3. The van der Waals surface area contributed by atoms with Gasteiger partial charge in [0.05, 0.1) is 6.67 Å². The van der Waals surface area contributed by atoms with Gasteiger partial charge in [-0.3, -0.25) is 0 Å². The van der Waals surface area contributed by atoms with Crippen molar-refractivity contribution in [3.05, 3.63) is 0 Å². The highest BCUT2D eigenvalue weighted by molar-refractivity contribution is 5.84. The molecule has 0 aromatic rings. The molecule has 0 heterocycles. The molecule has 1 aliphatic carbocycles. The molecule has 5 nitrogen and oxygen atoms in total. The minimum Gasteiger partial charge on any atom is -0.358 e. The van der Waals surface area contributed by atoms with Crippen LogP contribution in [0.5, 0.6) is 0 Å². The fourth-order valence-corrected chi connectivity index (χ4v) is 1.85. The van der Waals surface area contributed by atoms with Crippen LogP contribution in [0.15, 0.2) is 5.16 Å². The molecule has 5 heteroatoms. The summed E-state index contributed by atoms with van der Waals surface area (Å²) < 4.78 is 0. The van der Waals surface area contributed by atoms with E-state index in [0.29, 0.717) is 18.4 Å². The van der Waals surface area contributed by atoms with Crippen LogP contribution in [0.3, 0.4) is 0 Å². The minimum absolute atomic E-state index is 0.316. The van der Waals surface area contributed by atoms with Crippen LogP contribution >= 0.6 is 0 Å². The summed E-state index contributed by atoms with van der Waals surface area (Å²) in [5, 5.41) is 6.77. The third kappa shape index (κ3) is 4.29. The van der Waals surface area contributed by atoms with Crippen LogP contribution in [0.2, 0.25) is 0 Å². The Hall–Kier alpha value is -1.10. The summed E-state index contributed by atoms with van der Waals surface area (Å²) in [5.74, 6) is 0.677. The van der Waals surface area contributed by atoms with Crippen molar-refractivity contribution in [1.29, 1.82) is 0 Å². The van der Waals surface area contributed by atoms with Gasteiger partial charge in [-0.15, -0.1) is 0 Å². The maximum atomic E-state index is 10.6. The van der Waals surface area contributed by atoms with Gasteiger partial charge in [-0.2, -0.15) is 0 Å². The van der Waals surface area contributed by atoms with E-state index in [1.165, 1.54) is 26.2 Å². The van der Waals surface area contributed by atoms with Crippen molar-refractivity contribution in [1.82, 2.24) is 5.32 Å². The molecule has 1 fully saturated rings. The molecule has 1 saturated carbocycles. The Morgan fingerprint density at radius 3 is 2.67 bits per heavy atom. The van der Waals surface area contributed by atoms with E-state index in [-0.39, 0.29) is 0 Å². The van der Waals surface area contributed by atoms with Gasteiger partial charge in [-0.25, -0.2) is 4.79 Å². The van der Waals surface area contributed by atoms with Crippen LogP contribution in [0, 0.1) is 5.92 Å². The molecule has 0 spiro atoms. The van der Waals surface area contributed by atoms with Crippen LogP contribution in [-0.4, -0.2) is 18.5 Å². The van der Waals surface area contributed by atoms with Crippen molar-refractivity contribution in [2.24, 2.45) is 16.8 Å². The van der Waals surface area contributed by atoms with Gasteiger partial charge in [-0.1, -0.05) is 24.4 Å². The summed E-state index contributed by atoms with van der Waals surface area (Å²) in [5.41, 5.74) is 5.41. The van der Waals surface area contributed by atoms with E-state index < -0.39 is 5.97 Å². The van der Waals surface area contributed by atoms with Crippen molar-refractivity contribution < 1.29 is 9.63 Å². The Kier molecular flexibility index (Phi) is 5.10. The highest BCUT2D eigenvalue weighted by Crippen LogP contribution is 2.24. The topological polar surface area (TPSA) is 76.7 Å². The summed E-state index contributed by atoms with van der Waals surface area (Å²) in [6.45, 7) is 1.65. The number of nitrogens with two attached hydrogens (primary N) is 1. The molecule has 86 valence electrons. The van der Waals surface area contributed by atoms with Crippen molar-refractivity contribution >= 4 is 11.8 Å². The molecule has 0 atom stereocenters. The van der Waals surface area contributed by atoms with Crippen LogP contribution in [0.25, 0.3) is 0 Å². The molecule has 3 N–H and O–H groups in total. The second kappa shape index (κ2) is 6.40. The van der Waals surface area contributed by atoms with Gasteiger partial charge >= 0.3 is 5.97 Å². The summed E-state index contributed by atoms with van der Waals surface area (Å²) >= 11 is 0. The van der Waals surface area contributed by atoms with Crippen LogP contribution < -0.4 is 11.1 Å². The second-order valence-corrected chi connectivity index (χ2v) is 3.78. The third-order valence-electron chi connectivity index (χ3n) is 2.55. The van der Waals surface area contributed by atoms with Gasteiger partial charge in [0.2, 0.25) is 0 Å². The predicted molar refractivity (Wildman–Crippen MR) is 58.0 cm³/mol. The molecule has 0 bridgehead atoms. The van der Waals surface area contributed by atoms with Crippen molar-refractivity contribution in [2.75, 3.05) is 6.67 Å². The summed E-state index contributed by atoms with van der Waals surface area (Å²) in [6.07, 6.45) is 5.87. The van der Waals surface area contributed by atoms with Gasteiger partial charge in [-0.05, 0) is 12.8 Å². The highest BCUT2D eigenvalue weighted by atomic mass is 16.7. The van der Waals surface area contributed by atoms with E-state index in [4.69, 9.17) is 5.73 Å². The fraction of sp³-hybridized carbons (Fsp3) is 0.800. The SMILES string of the molecule is CC(=O)ON=C(NCN)C1CCCCC1. The monoisotopic (exact) mass is 213 g/mol. The molecule has 1 rings (SSSR count). The third-order valence-corrected chi connectivity index (χ3v) is 2.55. The zero-order chi connectivity index (χ0) is 11.1. The van der Waals surface area contributed by atoms with E-state index in [0.717, 1.165) is 12.8 Å². The first-order valence-electron chi connectivity index (χ1n) is 5.43. The summed E-state index contributed by atoms with van der Waals surface area (Å²) in [7, 11) is 0. The van der Waals surface area contributed by atoms with Gasteiger partial charge in [0.1, 0.15) is 5.84 Å². The molecular formula is C10H19N3O2. The standard InChI is InChI=1S/C10H19N3O2/c1-8(14)15-13-10(12-7-11)9-5-3-2-4-6-9/h9H,2-7,11H2,1H3,(H,12,13). The van der Waals surface area contributed by atoms with Crippen LogP contribution in [-0.2, 0) is 9.63 Å². The predicted octanol–water partition coefficient (Wildman–Crippen LogP) is 0.949. The maximum Gasteiger partial charge on any atom is 0.332 e. The normalized spacial score (nSPS) is 18.7. The molecule has 1 aliphatic rings. The van der Waals surface area contributed by atoms with Crippen molar-refractivity contribution in [2.45, 2.75) is 39.0 Å². The van der Waals surface area contributed by atoms with E-state index in [9.17, 15) is 4.79 Å². The Morgan fingerprint density at radius 1 is 1.47 bits per heavy atom. The zero-order valence-corrected chi connectivity index (χ0v) is 9.16. The lowest BCUT2D eigenvalue weighted by Crippen LogP contribution is -2.36. The molecule has 0 aromatic carbocycles. The molecule has 0 saturated heterocycles.